The summed E-state index contributed by atoms with van der Waals surface area (Å²) in [6.45, 7) is 1.89. The van der Waals surface area contributed by atoms with Gasteiger partial charge in [-0.2, -0.15) is 13.2 Å². The van der Waals surface area contributed by atoms with Gasteiger partial charge in [-0.05, 0) is 80.6 Å². The van der Waals surface area contributed by atoms with Gasteiger partial charge in [-0.3, -0.25) is 4.79 Å². The first-order chi connectivity index (χ1) is 17.6. The Balaban J connectivity index is 1.54. The summed E-state index contributed by atoms with van der Waals surface area (Å²) < 4.78 is 55.9. The van der Waals surface area contributed by atoms with E-state index in [9.17, 15) is 22.4 Å². The number of halogens is 4. The summed E-state index contributed by atoms with van der Waals surface area (Å²) in [5, 5.41) is 2.73. The van der Waals surface area contributed by atoms with E-state index in [1.807, 2.05) is 6.07 Å². The molecule has 0 unspecified atom stereocenters. The predicted octanol–water partition coefficient (Wildman–Crippen LogP) is 5.00. The van der Waals surface area contributed by atoms with Gasteiger partial charge in [-0.1, -0.05) is 30.3 Å². The number of nitrogens with two attached hydrogens (primary N) is 1. The fourth-order valence-electron chi connectivity index (χ4n) is 4.67. The number of alkyl halides is 3. The standard InChI is InChI=1S/C27H29F4N5O/c1-36-12-10-18(11-13-36)20-7-9-24(22(28)14-20)35-26-33-16-21(27(29,30)31)23(34-26)8-6-17-4-2-3-5-19(17)15-25(32)37/h2-5,7,9,14,16,18H,6,8,10-13,15H2,1H3,(H2,32,37)(H,33,34,35). The molecule has 0 atom stereocenters. The highest BCUT2D eigenvalue weighted by atomic mass is 19.4. The highest BCUT2D eigenvalue weighted by Gasteiger charge is 2.35. The van der Waals surface area contributed by atoms with E-state index in [0.29, 0.717) is 17.3 Å². The third-order valence-corrected chi connectivity index (χ3v) is 6.72. The van der Waals surface area contributed by atoms with Crippen LogP contribution < -0.4 is 11.1 Å². The number of nitrogens with zero attached hydrogens (tertiary/aromatic N) is 3. The third-order valence-electron chi connectivity index (χ3n) is 6.72. The topological polar surface area (TPSA) is 84.1 Å². The van der Waals surface area contributed by atoms with Crippen LogP contribution in [0.4, 0.5) is 29.2 Å². The average molecular weight is 516 g/mol. The van der Waals surface area contributed by atoms with Crippen LogP contribution in [0.5, 0.6) is 0 Å². The lowest BCUT2D eigenvalue weighted by Gasteiger charge is -2.29. The zero-order valence-corrected chi connectivity index (χ0v) is 20.5. The Labute approximate surface area is 212 Å². The van der Waals surface area contributed by atoms with E-state index in [4.69, 9.17) is 5.73 Å². The van der Waals surface area contributed by atoms with Crippen molar-refractivity contribution in [3.63, 3.8) is 0 Å². The van der Waals surface area contributed by atoms with Gasteiger partial charge in [0.2, 0.25) is 11.9 Å². The Hall–Kier alpha value is -3.53. The molecule has 6 nitrogen and oxygen atoms in total. The Morgan fingerprint density at radius 1 is 1.11 bits per heavy atom. The lowest BCUT2D eigenvalue weighted by Crippen LogP contribution is -2.29. The Kier molecular flexibility index (Phi) is 8.06. The van der Waals surface area contributed by atoms with Crippen molar-refractivity contribution in [1.82, 2.24) is 14.9 Å². The van der Waals surface area contributed by atoms with Gasteiger partial charge in [0, 0.05) is 6.20 Å². The summed E-state index contributed by atoms with van der Waals surface area (Å²) in [5.41, 5.74) is 6.48. The number of aryl methyl sites for hydroxylation is 2. The normalized spacial score (nSPS) is 15.1. The van der Waals surface area contributed by atoms with Crippen LogP contribution in [0.25, 0.3) is 0 Å². The SMILES string of the molecule is CN1CCC(c2ccc(Nc3ncc(C(F)(F)F)c(CCc4ccccc4CC(N)=O)n3)c(F)c2)CC1. The summed E-state index contributed by atoms with van der Waals surface area (Å²) in [7, 11) is 2.06. The number of carbonyl (C=O) groups excluding carboxylic acids is 1. The van der Waals surface area contributed by atoms with E-state index < -0.39 is 23.5 Å². The zero-order valence-electron chi connectivity index (χ0n) is 20.5. The number of benzene rings is 2. The Bertz CT molecular complexity index is 1260. The van der Waals surface area contributed by atoms with E-state index in [2.05, 4.69) is 27.2 Å². The van der Waals surface area contributed by atoms with Gasteiger partial charge in [0.25, 0.3) is 0 Å². The van der Waals surface area contributed by atoms with E-state index >= 15 is 0 Å². The number of hydrogen-bond donors (Lipinski definition) is 2. The van der Waals surface area contributed by atoms with E-state index in [1.165, 1.54) is 6.07 Å². The molecule has 1 aliphatic rings. The molecule has 2 aromatic carbocycles. The molecular formula is C27H29F4N5O. The molecule has 10 heteroatoms. The first-order valence-electron chi connectivity index (χ1n) is 12.1. The fraction of sp³-hybridized carbons (Fsp3) is 0.370. The number of piperidine rings is 1. The van der Waals surface area contributed by atoms with Crippen LogP contribution in [0.1, 0.15) is 46.7 Å². The van der Waals surface area contributed by atoms with Crippen molar-refractivity contribution in [2.75, 3.05) is 25.5 Å². The second kappa shape index (κ2) is 11.2. The molecule has 37 heavy (non-hydrogen) atoms. The molecule has 3 N–H and O–H groups in total. The van der Waals surface area contributed by atoms with E-state index in [1.54, 1.807) is 30.3 Å². The summed E-state index contributed by atoms with van der Waals surface area (Å²) in [6.07, 6.45) is -1.91. The third kappa shape index (κ3) is 6.82. The molecule has 2 heterocycles. The number of hydrogen-bond acceptors (Lipinski definition) is 5. The number of aromatic nitrogens is 2. The maximum Gasteiger partial charge on any atom is 0.419 e. The Morgan fingerprint density at radius 2 is 1.81 bits per heavy atom. The second-order valence-electron chi connectivity index (χ2n) is 9.41. The lowest BCUT2D eigenvalue weighted by atomic mass is 9.89. The van der Waals surface area contributed by atoms with Crippen molar-refractivity contribution < 1.29 is 22.4 Å². The largest absolute Gasteiger partial charge is 0.419 e. The molecule has 196 valence electrons. The summed E-state index contributed by atoms with van der Waals surface area (Å²) in [6, 6.07) is 11.8. The van der Waals surface area contributed by atoms with E-state index in [0.717, 1.165) is 31.5 Å². The maximum absolute atomic E-state index is 14.9. The Morgan fingerprint density at radius 3 is 2.46 bits per heavy atom. The minimum absolute atomic E-state index is 0.00822. The van der Waals surface area contributed by atoms with Gasteiger partial charge in [-0.25, -0.2) is 14.4 Å². The average Bonchev–Trinajstić information content (AvgIpc) is 2.84. The molecule has 1 aliphatic heterocycles. The molecule has 0 saturated carbocycles. The van der Waals surface area contributed by atoms with Crippen molar-refractivity contribution in [2.45, 2.75) is 44.2 Å². The van der Waals surface area contributed by atoms with Gasteiger partial charge in [0.1, 0.15) is 5.82 Å². The number of primary amides is 1. The highest BCUT2D eigenvalue weighted by Crippen LogP contribution is 2.33. The molecule has 3 aromatic rings. The monoisotopic (exact) mass is 515 g/mol. The smallest absolute Gasteiger partial charge is 0.369 e. The summed E-state index contributed by atoms with van der Waals surface area (Å²) >= 11 is 0. The number of anilines is 2. The summed E-state index contributed by atoms with van der Waals surface area (Å²) in [5.74, 6) is -0.895. The van der Waals surface area contributed by atoms with Crippen molar-refractivity contribution in [2.24, 2.45) is 5.73 Å². The maximum atomic E-state index is 14.9. The number of rotatable bonds is 8. The molecule has 1 fully saturated rings. The molecule has 1 saturated heterocycles. The molecule has 1 aromatic heterocycles. The quantitative estimate of drug-likeness (QED) is 0.413. The van der Waals surface area contributed by atoms with Crippen molar-refractivity contribution >= 4 is 17.5 Å². The first kappa shape index (κ1) is 26.5. The van der Waals surface area contributed by atoms with Gasteiger partial charge in [-0.15, -0.1) is 0 Å². The van der Waals surface area contributed by atoms with Gasteiger partial charge in [0.15, 0.2) is 0 Å². The van der Waals surface area contributed by atoms with Crippen LogP contribution in [0.2, 0.25) is 0 Å². The van der Waals surface area contributed by atoms with Crippen LogP contribution in [-0.4, -0.2) is 40.9 Å². The summed E-state index contributed by atoms with van der Waals surface area (Å²) in [4.78, 5) is 21.5. The first-order valence-corrected chi connectivity index (χ1v) is 12.1. The van der Waals surface area contributed by atoms with Crippen LogP contribution in [0.15, 0.2) is 48.7 Å². The van der Waals surface area contributed by atoms with Crippen LogP contribution >= 0.6 is 0 Å². The highest BCUT2D eigenvalue weighted by molar-refractivity contribution is 5.77. The van der Waals surface area contributed by atoms with E-state index in [-0.39, 0.29) is 42.5 Å². The number of amides is 1. The number of likely N-dealkylation sites (tertiary alicyclic amines) is 1. The van der Waals surface area contributed by atoms with Crippen LogP contribution in [-0.2, 0) is 30.2 Å². The van der Waals surface area contributed by atoms with Crippen molar-refractivity contribution in [3.05, 3.63) is 82.4 Å². The van der Waals surface area contributed by atoms with Gasteiger partial charge >= 0.3 is 6.18 Å². The van der Waals surface area contributed by atoms with Crippen LogP contribution in [0.3, 0.4) is 0 Å². The predicted molar refractivity (Wildman–Crippen MR) is 133 cm³/mol. The fourth-order valence-corrected chi connectivity index (χ4v) is 4.67. The zero-order chi connectivity index (χ0) is 26.6. The number of nitrogens with one attached hydrogen (secondary N) is 1. The number of carbonyl (C=O) groups is 1. The van der Waals surface area contributed by atoms with Gasteiger partial charge < -0.3 is 16.0 Å². The molecule has 0 bridgehead atoms. The van der Waals surface area contributed by atoms with Crippen molar-refractivity contribution in [3.8, 4) is 0 Å². The minimum Gasteiger partial charge on any atom is -0.369 e. The molecule has 4 rings (SSSR count). The van der Waals surface area contributed by atoms with Gasteiger partial charge in [0.05, 0.1) is 23.4 Å². The lowest BCUT2D eigenvalue weighted by molar-refractivity contribution is -0.138. The van der Waals surface area contributed by atoms with Crippen LogP contribution in [0, 0.1) is 5.82 Å². The molecule has 0 radical (unpaired) electrons. The minimum atomic E-state index is -4.65. The molecule has 0 spiro atoms. The van der Waals surface area contributed by atoms with Crippen molar-refractivity contribution in [1.29, 1.82) is 0 Å². The molecular weight excluding hydrogens is 486 g/mol. The molecule has 1 amide bonds. The molecule has 0 aliphatic carbocycles. The second-order valence-corrected chi connectivity index (χ2v) is 9.41.